The van der Waals surface area contributed by atoms with Crippen molar-refractivity contribution in [1.82, 2.24) is 14.2 Å². The van der Waals surface area contributed by atoms with E-state index in [1.165, 1.54) is 12.3 Å². The van der Waals surface area contributed by atoms with Crippen LogP contribution in [0.25, 0.3) is 0 Å². The van der Waals surface area contributed by atoms with Crippen molar-refractivity contribution in [2.24, 2.45) is 0 Å². The Morgan fingerprint density at radius 3 is 2.02 bits per heavy atom. The fourth-order valence-corrected chi connectivity index (χ4v) is 10.7. The highest BCUT2D eigenvalue weighted by Crippen LogP contribution is 2.57. The van der Waals surface area contributed by atoms with Crippen LogP contribution in [-0.4, -0.2) is 74.0 Å². The van der Waals surface area contributed by atoms with Crippen molar-refractivity contribution in [2.75, 3.05) is 33.1 Å². The number of rotatable bonds is 15. The van der Waals surface area contributed by atoms with E-state index >= 15 is 0 Å². The smallest absolute Gasteiger partial charge is 0.328 e. The number of hydrogen-bond donors (Lipinski definition) is 1. The summed E-state index contributed by atoms with van der Waals surface area (Å²) in [5.74, 6) is 1.14. The van der Waals surface area contributed by atoms with E-state index in [1.54, 1.807) is 44.6 Å². The van der Waals surface area contributed by atoms with Gasteiger partial charge in [0, 0.05) is 24.8 Å². The Hall–Kier alpha value is -4.62. The zero-order valence-corrected chi connectivity index (χ0v) is 31.7. The molecule has 0 saturated carbocycles. The standard InChI is InChI=1S/C40H42N3O9PS/c1-48-32-19-15-30(16-20-32)40(29-10-5-3-6-11-29,31-17-21-33(49-2)22-18-31)50-27-34(26-42-38(44)23-24-41-39(42)45)51-53-43-25-9-14-36(43)37(52-53)28-54(46,47)35-12-7-4-8-13-35/h3-8,10-13,15-24,34,36-37H,9,14,25-28H2,1-2H3,(H,41,45)/t34-,36-,37+,53-/m0/s1. The van der Waals surface area contributed by atoms with E-state index in [1.807, 2.05) is 78.9 Å². The maximum atomic E-state index is 13.5. The summed E-state index contributed by atoms with van der Waals surface area (Å²) in [6.45, 7) is 0.406. The zero-order valence-electron chi connectivity index (χ0n) is 29.9. The minimum atomic E-state index is -3.66. The van der Waals surface area contributed by atoms with Gasteiger partial charge >= 0.3 is 5.69 Å². The van der Waals surface area contributed by atoms with Gasteiger partial charge in [-0.2, -0.15) is 0 Å². The lowest BCUT2D eigenvalue weighted by Crippen LogP contribution is -2.42. The van der Waals surface area contributed by atoms with Gasteiger partial charge < -0.3 is 28.2 Å². The van der Waals surface area contributed by atoms with Gasteiger partial charge in [-0.15, -0.1) is 0 Å². The molecule has 12 nitrogen and oxygen atoms in total. The summed E-state index contributed by atoms with van der Waals surface area (Å²) in [5.41, 5.74) is 0.104. The molecule has 54 heavy (non-hydrogen) atoms. The van der Waals surface area contributed by atoms with E-state index in [-0.39, 0.29) is 29.8 Å². The number of hydrogen-bond acceptors (Lipinski definition) is 10. The minimum absolute atomic E-state index is 0.0958. The molecular weight excluding hydrogens is 729 g/mol. The van der Waals surface area contributed by atoms with Crippen LogP contribution in [0, 0.1) is 0 Å². The number of H-pyrrole nitrogens is 1. The van der Waals surface area contributed by atoms with Crippen molar-refractivity contribution >= 4 is 18.4 Å². The Morgan fingerprint density at radius 1 is 0.833 bits per heavy atom. The molecule has 0 unspecified atom stereocenters. The number of nitrogens with zero attached hydrogens (tertiary/aromatic N) is 2. The van der Waals surface area contributed by atoms with E-state index in [0.717, 1.165) is 34.1 Å². The van der Waals surface area contributed by atoms with Gasteiger partial charge in [0.1, 0.15) is 23.2 Å². The molecule has 0 aliphatic carbocycles. The third kappa shape index (κ3) is 7.79. The first kappa shape index (κ1) is 37.7. The Labute approximate surface area is 315 Å². The van der Waals surface area contributed by atoms with E-state index in [2.05, 4.69) is 9.65 Å². The third-order valence-electron chi connectivity index (χ3n) is 9.85. The average Bonchev–Trinajstić information content (AvgIpc) is 3.81. The first-order chi connectivity index (χ1) is 26.2. The Bertz CT molecular complexity index is 2160. The number of ether oxygens (including phenoxy) is 3. The molecule has 0 spiro atoms. The van der Waals surface area contributed by atoms with Gasteiger partial charge in [-0.1, -0.05) is 72.8 Å². The van der Waals surface area contributed by atoms with Crippen LogP contribution in [0.1, 0.15) is 29.5 Å². The molecule has 0 bridgehead atoms. The average molecular weight is 772 g/mol. The van der Waals surface area contributed by atoms with Crippen molar-refractivity contribution in [1.29, 1.82) is 0 Å². The van der Waals surface area contributed by atoms with Crippen LogP contribution in [0.4, 0.5) is 0 Å². The van der Waals surface area contributed by atoms with Crippen LogP contribution < -0.4 is 20.7 Å². The quantitative estimate of drug-likeness (QED) is 0.107. The SMILES string of the molecule is COc1ccc(C(OC[C@H](Cn2c(=O)cc[nH]c2=O)O[P@@]2O[C@H](CS(=O)(=O)c3ccccc3)[C@@H]3CCCN32)(c2ccccc2)c2ccc(OC)cc2)cc1. The maximum absolute atomic E-state index is 13.5. The van der Waals surface area contributed by atoms with Gasteiger partial charge in [-0.05, 0) is 65.9 Å². The maximum Gasteiger partial charge on any atom is 0.328 e. The lowest BCUT2D eigenvalue weighted by atomic mass is 9.80. The van der Waals surface area contributed by atoms with Crippen molar-refractivity contribution in [3.63, 3.8) is 0 Å². The van der Waals surface area contributed by atoms with Gasteiger partial charge in [-0.25, -0.2) is 17.9 Å². The van der Waals surface area contributed by atoms with Crippen LogP contribution in [0.3, 0.4) is 0 Å². The van der Waals surface area contributed by atoms with Gasteiger partial charge in [0.25, 0.3) is 14.1 Å². The fourth-order valence-electron chi connectivity index (χ4n) is 7.14. The normalized spacial score (nSPS) is 19.3. The summed E-state index contributed by atoms with van der Waals surface area (Å²) in [5, 5.41) is 0. The molecule has 2 fully saturated rings. The van der Waals surface area contributed by atoms with Crippen molar-refractivity contribution in [3.8, 4) is 11.5 Å². The summed E-state index contributed by atoms with van der Waals surface area (Å²) in [6.07, 6.45) is 1.39. The highest BCUT2D eigenvalue weighted by molar-refractivity contribution is 7.91. The van der Waals surface area contributed by atoms with Crippen LogP contribution in [0.5, 0.6) is 11.5 Å². The van der Waals surface area contributed by atoms with Crippen LogP contribution >= 0.6 is 8.53 Å². The molecule has 7 rings (SSSR count). The molecule has 14 heteroatoms. The van der Waals surface area contributed by atoms with E-state index in [0.29, 0.717) is 18.0 Å². The highest BCUT2D eigenvalue weighted by atomic mass is 32.2. The first-order valence-corrected chi connectivity index (χ1v) is 20.5. The van der Waals surface area contributed by atoms with Crippen molar-refractivity contribution in [3.05, 3.63) is 159 Å². The topological polar surface area (TPSA) is 138 Å². The number of sulfone groups is 1. The Kier molecular flexibility index (Phi) is 11.4. The third-order valence-corrected chi connectivity index (χ3v) is 13.5. The molecule has 5 aromatic rings. The fraction of sp³-hybridized carbons (Fsp3) is 0.300. The number of methoxy groups -OCH3 is 2. The zero-order chi connectivity index (χ0) is 37.7. The predicted molar refractivity (Wildman–Crippen MR) is 204 cm³/mol. The highest BCUT2D eigenvalue weighted by Gasteiger charge is 2.49. The number of aromatic amines is 1. The summed E-state index contributed by atoms with van der Waals surface area (Å²) in [6, 6.07) is 34.4. The molecule has 4 atom stereocenters. The largest absolute Gasteiger partial charge is 0.497 e. The second-order valence-electron chi connectivity index (χ2n) is 13.1. The summed E-state index contributed by atoms with van der Waals surface area (Å²) >= 11 is 0. The minimum Gasteiger partial charge on any atom is -0.497 e. The van der Waals surface area contributed by atoms with Crippen LogP contribution in [-0.2, 0) is 35.8 Å². The first-order valence-electron chi connectivity index (χ1n) is 17.7. The van der Waals surface area contributed by atoms with Crippen molar-refractivity contribution in [2.45, 2.75) is 48.1 Å². The predicted octanol–water partition coefficient (Wildman–Crippen LogP) is 5.51. The molecule has 282 valence electrons. The summed E-state index contributed by atoms with van der Waals surface area (Å²) in [7, 11) is -2.24. The van der Waals surface area contributed by atoms with Gasteiger partial charge in [0.05, 0.1) is 44.1 Å². The van der Waals surface area contributed by atoms with Crippen LogP contribution in [0.15, 0.2) is 136 Å². The number of aromatic nitrogens is 2. The molecule has 1 aromatic heterocycles. The summed E-state index contributed by atoms with van der Waals surface area (Å²) in [4.78, 5) is 28.9. The molecule has 4 aromatic carbocycles. The van der Waals surface area contributed by atoms with E-state index in [4.69, 9.17) is 23.3 Å². The molecule has 0 amide bonds. The second kappa shape index (κ2) is 16.4. The monoisotopic (exact) mass is 771 g/mol. The molecule has 3 heterocycles. The van der Waals surface area contributed by atoms with E-state index in [9.17, 15) is 18.0 Å². The second-order valence-corrected chi connectivity index (χ2v) is 16.6. The van der Waals surface area contributed by atoms with E-state index < -0.39 is 47.4 Å². The number of benzene rings is 4. The Morgan fingerprint density at radius 2 is 1.43 bits per heavy atom. The number of nitrogens with one attached hydrogen (secondary N) is 1. The Balaban J connectivity index is 1.26. The van der Waals surface area contributed by atoms with Crippen LogP contribution in [0.2, 0.25) is 0 Å². The van der Waals surface area contributed by atoms with Gasteiger partial charge in [0.2, 0.25) is 0 Å². The van der Waals surface area contributed by atoms with Gasteiger partial charge in [-0.3, -0.25) is 9.36 Å². The molecule has 2 aliphatic heterocycles. The number of fused-ring (bicyclic) bond motifs is 1. The summed E-state index contributed by atoms with van der Waals surface area (Å²) < 4.78 is 61.5. The molecule has 0 radical (unpaired) electrons. The van der Waals surface area contributed by atoms with Gasteiger partial charge in [0.15, 0.2) is 9.84 Å². The van der Waals surface area contributed by atoms with Crippen molar-refractivity contribution < 1.29 is 31.7 Å². The molecular formula is C40H42N3O9PS. The molecule has 2 aliphatic rings. The lowest BCUT2D eigenvalue weighted by molar-refractivity contribution is -0.0365. The lowest BCUT2D eigenvalue weighted by Gasteiger charge is -2.37. The molecule has 2 saturated heterocycles. The molecule has 1 N–H and O–H groups in total.